The Balaban J connectivity index is 2.25. The molecule has 1 N–H and O–H groups in total. The lowest BCUT2D eigenvalue weighted by Crippen LogP contribution is -1.97. The Morgan fingerprint density at radius 3 is 2.57 bits per heavy atom. The molecular weight excluding hydrogens is 192 g/mol. The molecule has 1 atom stereocenters. The summed E-state index contributed by atoms with van der Waals surface area (Å²) in [7, 11) is 0. The molecule has 1 aromatic rings. The fourth-order valence-electron chi connectivity index (χ4n) is 1.43. The van der Waals surface area contributed by atoms with Crippen molar-refractivity contribution >= 4 is 11.8 Å². The second-order valence-electron chi connectivity index (χ2n) is 3.42. The third-order valence-corrected chi connectivity index (χ3v) is 2.96. The normalized spacial score (nSPS) is 12.7. The van der Waals surface area contributed by atoms with Crippen molar-refractivity contribution in [1.82, 2.24) is 0 Å². The van der Waals surface area contributed by atoms with Crippen LogP contribution < -0.4 is 0 Å². The van der Waals surface area contributed by atoms with E-state index in [0.29, 0.717) is 0 Å². The van der Waals surface area contributed by atoms with Crippen molar-refractivity contribution in [2.45, 2.75) is 25.4 Å². The van der Waals surface area contributed by atoms with Crippen LogP contribution in [0.4, 0.5) is 0 Å². The van der Waals surface area contributed by atoms with Gasteiger partial charge >= 0.3 is 0 Å². The monoisotopic (exact) mass is 210 g/mol. The third kappa shape index (κ3) is 4.16. The molecule has 0 aliphatic heterocycles. The molecule has 0 fully saturated rings. The minimum atomic E-state index is -0.280. The van der Waals surface area contributed by atoms with Gasteiger partial charge in [0.2, 0.25) is 0 Å². The van der Waals surface area contributed by atoms with E-state index in [-0.39, 0.29) is 6.10 Å². The van der Waals surface area contributed by atoms with Crippen molar-refractivity contribution in [1.29, 1.82) is 0 Å². The van der Waals surface area contributed by atoms with Crippen LogP contribution in [0, 0.1) is 0 Å². The van der Waals surface area contributed by atoms with E-state index < -0.39 is 0 Å². The van der Waals surface area contributed by atoms with Crippen LogP contribution in [-0.4, -0.2) is 17.1 Å². The highest BCUT2D eigenvalue weighted by molar-refractivity contribution is 7.98. The minimum absolute atomic E-state index is 0.280. The standard InChI is InChI=1S/C12H18OS/c1-14-10-6-5-9-12(13)11-7-3-2-4-8-11/h2-4,7-8,12-13H,5-6,9-10H2,1H3. The Kier molecular flexibility index (Phi) is 5.72. The number of hydrogen-bond donors (Lipinski definition) is 1. The first-order valence-electron chi connectivity index (χ1n) is 5.06. The van der Waals surface area contributed by atoms with Gasteiger partial charge in [0, 0.05) is 0 Å². The van der Waals surface area contributed by atoms with Crippen molar-refractivity contribution in [2.75, 3.05) is 12.0 Å². The molecular formula is C12H18OS. The predicted octanol–water partition coefficient (Wildman–Crippen LogP) is 3.25. The number of aliphatic hydroxyl groups excluding tert-OH is 1. The molecule has 1 rings (SSSR count). The Labute approximate surface area is 90.5 Å². The maximum Gasteiger partial charge on any atom is 0.0790 e. The van der Waals surface area contributed by atoms with Gasteiger partial charge in [0.1, 0.15) is 0 Å². The number of hydrogen-bond acceptors (Lipinski definition) is 2. The molecule has 1 aromatic carbocycles. The van der Waals surface area contributed by atoms with Crippen molar-refractivity contribution in [3.05, 3.63) is 35.9 Å². The third-order valence-electron chi connectivity index (χ3n) is 2.26. The van der Waals surface area contributed by atoms with Crippen molar-refractivity contribution in [3.63, 3.8) is 0 Å². The van der Waals surface area contributed by atoms with E-state index in [0.717, 1.165) is 18.4 Å². The van der Waals surface area contributed by atoms with Crippen molar-refractivity contribution in [3.8, 4) is 0 Å². The van der Waals surface area contributed by atoms with Gasteiger partial charge in [0.15, 0.2) is 0 Å². The molecule has 0 saturated heterocycles. The quantitative estimate of drug-likeness (QED) is 0.727. The maximum absolute atomic E-state index is 9.81. The zero-order chi connectivity index (χ0) is 10.2. The highest BCUT2D eigenvalue weighted by Gasteiger charge is 2.05. The van der Waals surface area contributed by atoms with E-state index in [4.69, 9.17) is 0 Å². The SMILES string of the molecule is CSCCCCC(O)c1ccccc1. The van der Waals surface area contributed by atoms with Crippen LogP contribution in [0.25, 0.3) is 0 Å². The molecule has 78 valence electrons. The number of aliphatic hydroxyl groups is 1. The van der Waals surface area contributed by atoms with Crippen LogP contribution >= 0.6 is 11.8 Å². The van der Waals surface area contributed by atoms with Gasteiger partial charge < -0.3 is 5.11 Å². The first-order valence-corrected chi connectivity index (χ1v) is 6.46. The second kappa shape index (κ2) is 6.91. The maximum atomic E-state index is 9.81. The van der Waals surface area contributed by atoms with Gasteiger partial charge in [-0.15, -0.1) is 0 Å². The highest BCUT2D eigenvalue weighted by Crippen LogP contribution is 2.18. The molecule has 0 heterocycles. The molecule has 0 bridgehead atoms. The van der Waals surface area contributed by atoms with Gasteiger partial charge in [-0.2, -0.15) is 11.8 Å². The summed E-state index contributed by atoms with van der Waals surface area (Å²) < 4.78 is 0. The lowest BCUT2D eigenvalue weighted by Gasteiger charge is -2.09. The molecule has 0 aliphatic rings. The summed E-state index contributed by atoms with van der Waals surface area (Å²) in [6, 6.07) is 9.89. The Morgan fingerprint density at radius 1 is 1.21 bits per heavy atom. The minimum Gasteiger partial charge on any atom is -0.388 e. The predicted molar refractivity (Wildman–Crippen MR) is 63.6 cm³/mol. The number of thioether (sulfide) groups is 1. The van der Waals surface area contributed by atoms with Crippen LogP contribution in [0.5, 0.6) is 0 Å². The number of benzene rings is 1. The molecule has 0 amide bonds. The molecule has 0 saturated carbocycles. The van der Waals surface area contributed by atoms with Crippen LogP contribution in [0.2, 0.25) is 0 Å². The van der Waals surface area contributed by atoms with Gasteiger partial charge in [-0.05, 0) is 36.8 Å². The molecule has 1 unspecified atom stereocenters. The van der Waals surface area contributed by atoms with E-state index in [2.05, 4.69) is 6.26 Å². The Bertz CT molecular complexity index is 235. The summed E-state index contributed by atoms with van der Waals surface area (Å²) in [5, 5.41) is 9.81. The largest absolute Gasteiger partial charge is 0.388 e. The zero-order valence-corrected chi connectivity index (χ0v) is 9.46. The second-order valence-corrected chi connectivity index (χ2v) is 4.40. The highest BCUT2D eigenvalue weighted by atomic mass is 32.2. The molecule has 0 aliphatic carbocycles. The molecule has 2 heteroatoms. The topological polar surface area (TPSA) is 20.2 Å². The average molecular weight is 210 g/mol. The van der Waals surface area contributed by atoms with Crippen LogP contribution in [0.1, 0.15) is 30.9 Å². The smallest absolute Gasteiger partial charge is 0.0790 e. The summed E-state index contributed by atoms with van der Waals surface area (Å²) in [5.41, 5.74) is 1.04. The van der Waals surface area contributed by atoms with E-state index in [1.54, 1.807) is 0 Å². The summed E-state index contributed by atoms with van der Waals surface area (Å²) in [6.07, 6.45) is 5.03. The Morgan fingerprint density at radius 2 is 1.93 bits per heavy atom. The fourth-order valence-corrected chi connectivity index (χ4v) is 1.92. The van der Waals surface area contributed by atoms with E-state index in [1.165, 1.54) is 12.2 Å². The summed E-state index contributed by atoms with van der Waals surface area (Å²) in [4.78, 5) is 0. The lowest BCUT2D eigenvalue weighted by atomic mass is 10.0. The molecule has 1 nitrogen and oxygen atoms in total. The van der Waals surface area contributed by atoms with Crippen LogP contribution in [0.15, 0.2) is 30.3 Å². The van der Waals surface area contributed by atoms with Crippen molar-refractivity contribution < 1.29 is 5.11 Å². The first kappa shape index (κ1) is 11.6. The molecule has 0 spiro atoms. The van der Waals surface area contributed by atoms with Crippen molar-refractivity contribution in [2.24, 2.45) is 0 Å². The first-order chi connectivity index (χ1) is 6.84. The average Bonchev–Trinajstić information content (AvgIpc) is 2.25. The van der Waals surface area contributed by atoms with Gasteiger partial charge in [-0.3, -0.25) is 0 Å². The van der Waals surface area contributed by atoms with Crippen LogP contribution in [-0.2, 0) is 0 Å². The summed E-state index contributed by atoms with van der Waals surface area (Å²) >= 11 is 1.87. The Hall–Kier alpha value is -0.470. The summed E-state index contributed by atoms with van der Waals surface area (Å²) in [6.45, 7) is 0. The van der Waals surface area contributed by atoms with Gasteiger partial charge in [-0.25, -0.2) is 0 Å². The summed E-state index contributed by atoms with van der Waals surface area (Å²) in [5.74, 6) is 1.20. The molecule has 0 radical (unpaired) electrons. The fraction of sp³-hybridized carbons (Fsp3) is 0.500. The van der Waals surface area contributed by atoms with E-state index in [1.807, 2.05) is 42.1 Å². The van der Waals surface area contributed by atoms with Gasteiger partial charge in [0.05, 0.1) is 6.10 Å². The zero-order valence-electron chi connectivity index (χ0n) is 8.65. The van der Waals surface area contributed by atoms with Gasteiger partial charge in [-0.1, -0.05) is 30.3 Å². The number of unbranched alkanes of at least 4 members (excludes halogenated alkanes) is 1. The molecule has 14 heavy (non-hydrogen) atoms. The molecule has 0 aromatic heterocycles. The lowest BCUT2D eigenvalue weighted by molar-refractivity contribution is 0.164. The number of rotatable bonds is 6. The van der Waals surface area contributed by atoms with E-state index in [9.17, 15) is 5.11 Å². The van der Waals surface area contributed by atoms with Gasteiger partial charge in [0.25, 0.3) is 0 Å². The van der Waals surface area contributed by atoms with Crippen LogP contribution in [0.3, 0.4) is 0 Å². The van der Waals surface area contributed by atoms with E-state index >= 15 is 0 Å².